The number of amides is 1. The fourth-order valence-corrected chi connectivity index (χ4v) is 4.19. The van der Waals surface area contributed by atoms with Gasteiger partial charge in [-0.1, -0.05) is 18.2 Å². The number of methoxy groups -OCH3 is 3. The number of rotatable bonds is 7. The molecule has 0 aliphatic carbocycles. The van der Waals surface area contributed by atoms with E-state index in [0.717, 1.165) is 26.2 Å². The molecular weight excluding hydrogens is 464 g/mol. The maximum atomic E-state index is 14.2. The molecule has 1 aromatic rings. The molecule has 0 saturated heterocycles. The van der Waals surface area contributed by atoms with Crippen LogP contribution in [0.25, 0.3) is 0 Å². The summed E-state index contributed by atoms with van der Waals surface area (Å²) >= 11 is 0. The molecule has 2 N–H and O–H groups in total. The zero-order chi connectivity index (χ0) is 25.9. The third-order valence-corrected chi connectivity index (χ3v) is 5.59. The lowest BCUT2D eigenvalue weighted by Gasteiger charge is -2.36. The number of benzene rings is 1. The van der Waals surface area contributed by atoms with Crippen molar-refractivity contribution in [1.29, 1.82) is 0 Å². The molecule has 0 fully saturated rings. The maximum Gasteiger partial charge on any atom is 0.341 e. The Morgan fingerprint density at radius 3 is 2.23 bits per heavy atom. The minimum atomic E-state index is -2.24. The summed E-state index contributed by atoms with van der Waals surface area (Å²) in [5.41, 5.74) is 3.27. The standard InChI is InChI=1S/C23H24N2O10/c1-5-34-21(29)18-19(24)35-14(10-15(26)31-2)17(20(28)33-4)23(18)12-8-6-7-9-13(12)25(22(23)30)11-16(27)32-3/h6-9H,5,10-11,24H2,1-4H3/t23-/m0/s1. The number of hydrogen-bond donors (Lipinski definition) is 1. The van der Waals surface area contributed by atoms with Crippen molar-refractivity contribution in [2.45, 2.75) is 18.8 Å². The Morgan fingerprint density at radius 1 is 0.971 bits per heavy atom. The van der Waals surface area contributed by atoms with Crippen LogP contribution >= 0.6 is 0 Å². The van der Waals surface area contributed by atoms with Crippen LogP contribution in [0.2, 0.25) is 0 Å². The van der Waals surface area contributed by atoms with Gasteiger partial charge in [0.1, 0.15) is 35.3 Å². The average molecular weight is 488 g/mol. The summed E-state index contributed by atoms with van der Waals surface area (Å²) in [7, 11) is 3.33. The number of esters is 4. The number of carbonyl (C=O) groups is 5. The molecule has 0 unspecified atom stereocenters. The van der Waals surface area contributed by atoms with E-state index in [1.807, 2.05) is 0 Å². The fraction of sp³-hybridized carbons (Fsp3) is 0.348. The van der Waals surface area contributed by atoms with E-state index < -0.39 is 65.2 Å². The highest BCUT2D eigenvalue weighted by molar-refractivity contribution is 6.23. The maximum absolute atomic E-state index is 14.2. The predicted octanol–water partition coefficient (Wildman–Crippen LogP) is 0.198. The van der Waals surface area contributed by atoms with Crippen molar-refractivity contribution in [3.05, 3.63) is 52.6 Å². The lowest BCUT2D eigenvalue weighted by atomic mass is 9.67. The van der Waals surface area contributed by atoms with E-state index in [0.29, 0.717) is 0 Å². The average Bonchev–Trinajstić information content (AvgIpc) is 3.07. The van der Waals surface area contributed by atoms with Crippen molar-refractivity contribution in [3.63, 3.8) is 0 Å². The van der Waals surface area contributed by atoms with Crippen LogP contribution in [0.5, 0.6) is 0 Å². The zero-order valence-electron chi connectivity index (χ0n) is 19.5. The Bertz CT molecular complexity index is 1170. The van der Waals surface area contributed by atoms with Crippen LogP contribution in [0.15, 0.2) is 47.1 Å². The van der Waals surface area contributed by atoms with Gasteiger partial charge in [0.2, 0.25) is 11.8 Å². The van der Waals surface area contributed by atoms with E-state index in [9.17, 15) is 24.0 Å². The molecule has 1 atom stereocenters. The number of nitrogens with two attached hydrogens (primary N) is 1. The van der Waals surface area contributed by atoms with Crippen LogP contribution in [0.3, 0.4) is 0 Å². The van der Waals surface area contributed by atoms with Gasteiger partial charge in [-0.3, -0.25) is 19.3 Å². The van der Waals surface area contributed by atoms with Gasteiger partial charge in [0.25, 0.3) is 0 Å². The van der Waals surface area contributed by atoms with Crippen LogP contribution in [0, 0.1) is 0 Å². The van der Waals surface area contributed by atoms with Crippen molar-refractivity contribution in [2.75, 3.05) is 39.4 Å². The van der Waals surface area contributed by atoms with Gasteiger partial charge in [-0.15, -0.1) is 0 Å². The monoisotopic (exact) mass is 488 g/mol. The Morgan fingerprint density at radius 2 is 1.63 bits per heavy atom. The van der Waals surface area contributed by atoms with Gasteiger partial charge in [-0.25, -0.2) is 9.59 Å². The van der Waals surface area contributed by atoms with Crippen molar-refractivity contribution in [1.82, 2.24) is 0 Å². The summed E-state index contributed by atoms with van der Waals surface area (Å²) in [5, 5.41) is 0. The first-order valence-corrected chi connectivity index (χ1v) is 10.4. The molecule has 35 heavy (non-hydrogen) atoms. The minimum Gasteiger partial charge on any atom is -0.469 e. The van der Waals surface area contributed by atoms with Gasteiger partial charge < -0.3 is 29.4 Å². The number of carbonyl (C=O) groups excluding carboxylic acids is 5. The number of hydrogen-bond acceptors (Lipinski definition) is 11. The largest absolute Gasteiger partial charge is 0.469 e. The lowest BCUT2D eigenvalue weighted by Crippen LogP contribution is -2.51. The molecule has 1 spiro atoms. The molecule has 12 nitrogen and oxygen atoms in total. The van der Waals surface area contributed by atoms with E-state index in [4.69, 9.17) is 24.7 Å². The Balaban J connectivity index is 2.45. The third-order valence-electron chi connectivity index (χ3n) is 5.59. The van der Waals surface area contributed by atoms with Gasteiger partial charge in [0.15, 0.2) is 0 Å². The first kappa shape index (κ1) is 25.3. The quantitative estimate of drug-likeness (QED) is 0.412. The van der Waals surface area contributed by atoms with E-state index >= 15 is 0 Å². The first-order chi connectivity index (χ1) is 16.7. The fourth-order valence-electron chi connectivity index (χ4n) is 4.19. The van der Waals surface area contributed by atoms with Crippen molar-refractivity contribution in [3.8, 4) is 0 Å². The normalized spacial score (nSPS) is 18.7. The van der Waals surface area contributed by atoms with Gasteiger partial charge >= 0.3 is 23.9 Å². The number of ether oxygens (including phenoxy) is 5. The Kier molecular flexibility index (Phi) is 7.13. The Labute approximate surface area is 200 Å². The zero-order valence-corrected chi connectivity index (χ0v) is 19.5. The summed E-state index contributed by atoms with van der Waals surface area (Å²) in [5.74, 6) is -5.47. The smallest absolute Gasteiger partial charge is 0.341 e. The molecule has 0 aromatic heterocycles. The molecular formula is C23H24N2O10. The summed E-state index contributed by atoms with van der Waals surface area (Å²) in [4.78, 5) is 65.9. The molecule has 1 amide bonds. The van der Waals surface area contributed by atoms with E-state index in [-0.39, 0.29) is 23.6 Å². The molecule has 186 valence electrons. The van der Waals surface area contributed by atoms with Gasteiger partial charge in [-0.2, -0.15) is 0 Å². The number of anilines is 1. The second kappa shape index (κ2) is 9.87. The van der Waals surface area contributed by atoms with Crippen LogP contribution in [0.1, 0.15) is 18.9 Å². The van der Waals surface area contributed by atoms with Crippen LogP contribution in [-0.4, -0.2) is 64.3 Å². The number of fused-ring (bicyclic) bond motifs is 2. The summed E-state index contributed by atoms with van der Waals surface area (Å²) < 4.78 is 25.0. The van der Waals surface area contributed by atoms with Gasteiger partial charge in [-0.05, 0) is 13.0 Å². The molecule has 1 aromatic carbocycles. The Hall–Kier alpha value is -4.35. The second-order valence-corrected chi connectivity index (χ2v) is 7.34. The van der Waals surface area contributed by atoms with Gasteiger partial charge in [0, 0.05) is 11.3 Å². The molecule has 3 rings (SSSR count). The minimum absolute atomic E-state index is 0.0836. The molecule has 0 saturated carbocycles. The molecule has 2 aliphatic rings. The molecule has 2 heterocycles. The van der Waals surface area contributed by atoms with Crippen LogP contribution in [0.4, 0.5) is 5.69 Å². The highest BCUT2D eigenvalue weighted by atomic mass is 16.5. The highest BCUT2D eigenvalue weighted by Crippen LogP contribution is 2.54. The number of nitrogens with zero attached hydrogens (tertiary/aromatic N) is 1. The summed E-state index contributed by atoms with van der Waals surface area (Å²) in [6.07, 6.45) is -0.605. The van der Waals surface area contributed by atoms with Crippen molar-refractivity contribution >= 4 is 35.5 Å². The van der Waals surface area contributed by atoms with Crippen LogP contribution in [-0.2, 0) is 53.1 Å². The molecule has 0 radical (unpaired) electrons. The number of para-hydroxylation sites is 1. The van der Waals surface area contributed by atoms with Crippen molar-refractivity contribution < 1.29 is 47.7 Å². The first-order valence-electron chi connectivity index (χ1n) is 10.4. The van der Waals surface area contributed by atoms with E-state index in [1.54, 1.807) is 19.1 Å². The molecule has 12 heteroatoms. The molecule has 2 aliphatic heterocycles. The predicted molar refractivity (Wildman–Crippen MR) is 117 cm³/mol. The van der Waals surface area contributed by atoms with E-state index in [1.165, 1.54) is 12.1 Å². The summed E-state index contributed by atoms with van der Waals surface area (Å²) in [6, 6.07) is 6.18. The lowest BCUT2D eigenvalue weighted by molar-refractivity contribution is -0.143. The summed E-state index contributed by atoms with van der Waals surface area (Å²) in [6.45, 7) is 0.921. The SMILES string of the molecule is CCOC(=O)C1=C(N)OC(CC(=O)OC)=C(C(=O)OC)[C@]12C(=O)N(CC(=O)OC)c1ccccc12. The highest BCUT2D eigenvalue weighted by Gasteiger charge is 2.64. The van der Waals surface area contributed by atoms with E-state index in [2.05, 4.69) is 4.74 Å². The topological polar surface area (TPSA) is 161 Å². The second-order valence-electron chi connectivity index (χ2n) is 7.34. The third kappa shape index (κ3) is 3.96. The molecule has 0 bridgehead atoms. The van der Waals surface area contributed by atoms with Gasteiger partial charge in [0.05, 0.1) is 27.9 Å². The van der Waals surface area contributed by atoms with Crippen molar-refractivity contribution in [2.24, 2.45) is 5.73 Å². The van der Waals surface area contributed by atoms with Crippen LogP contribution < -0.4 is 10.6 Å².